The van der Waals surface area contributed by atoms with Crippen LogP contribution >= 0.6 is 0 Å². The topological polar surface area (TPSA) is 81.4 Å². The van der Waals surface area contributed by atoms with Crippen LogP contribution in [0.4, 0.5) is 8.78 Å². The standard InChI is InChI=1S/C14H11F2N5O2/c1-23-14-12-20-19-11(21(12)5-4-17-14)7-18-13(22)8-2-3-9(15)10(16)6-8/h2-6H,7H2,1H3,(H,18,22). The summed E-state index contributed by atoms with van der Waals surface area (Å²) in [6, 6.07) is 2.93. The predicted molar refractivity (Wildman–Crippen MR) is 74.9 cm³/mol. The molecule has 0 aliphatic rings. The lowest BCUT2D eigenvalue weighted by atomic mass is 10.2. The van der Waals surface area contributed by atoms with E-state index in [-0.39, 0.29) is 12.1 Å². The molecule has 0 aliphatic carbocycles. The number of ether oxygens (including phenoxy) is 1. The smallest absolute Gasteiger partial charge is 0.260 e. The maximum atomic E-state index is 13.1. The van der Waals surface area contributed by atoms with Crippen LogP contribution in [0.3, 0.4) is 0 Å². The molecule has 0 radical (unpaired) electrons. The summed E-state index contributed by atoms with van der Waals surface area (Å²) < 4.78 is 32.7. The van der Waals surface area contributed by atoms with Gasteiger partial charge in [-0.1, -0.05) is 0 Å². The third-order valence-corrected chi connectivity index (χ3v) is 3.15. The third-order valence-electron chi connectivity index (χ3n) is 3.15. The lowest BCUT2D eigenvalue weighted by Crippen LogP contribution is -2.24. The summed E-state index contributed by atoms with van der Waals surface area (Å²) in [5.41, 5.74) is 0.420. The van der Waals surface area contributed by atoms with E-state index >= 15 is 0 Å². The zero-order chi connectivity index (χ0) is 16.4. The number of hydrogen-bond donors (Lipinski definition) is 1. The Bertz CT molecular complexity index is 881. The first kappa shape index (κ1) is 14.8. The average Bonchev–Trinajstić information content (AvgIpc) is 2.98. The molecule has 7 nitrogen and oxygen atoms in total. The minimum absolute atomic E-state index is 0.0111. The first-order valence-electron chi connectivity index (χ1n) is 6.56. The molecular formula is C14H11F2N5O2. The second-order valence-corrected chi connectivity index (χ2v) is 4.56. The highest BCUT2D eigenvalue weighted by molar-refractivity contribution is 5.94. The van der Waals surface area contributed by atoms with Gasteiger partial charge < -0.3 is 10.1 Å². The first-order valence-corrected chi connectivity index (χ1v) is 6.56. The third kappa shape index (κ3) is 2.80. The number of nitrogens with zero attached hydrogens (tertiary/aromatic N) is 4. The molecule has 2 heterocycles. The zero-order valence-corrected chi connectivity index (χ0v) is 12.0. The van der Waals surface area contributed by atoms with Crippen molar-refractivity contribution in [3.63, 3.8) is 0 Å². The Morgan fingerprint density at radius 3 is 2.87 bits per heavy atom. The molecule has 3 rings (SSSR count). The highest BCUT2D eigenvalue weighted by Gasteiger charge is 2.13. The molecule has 0 bridgehead atoms. The number of aromatic nitrogens is 4. The Kier molecular flexibility index (Phi) is 3.83. The van der Waals surface area contributed by atoms with Gasteiger partial charge in [-0.15, -0.1) is 10.2 Å². The highest BCUT2D eigenvalue weighted by atomic mass is 19.2. The predicted octanol–water partition coefficient (Wildman–Crippen LogP) is 1.34. The second kappa shape index (κ2) is 5.95. The van der Waals surface area contributed by atoms with Crippen LogP contribution in [0.5, 0.6) is 5.88 Å². The highest BCUT2D eigenvalue weighted by Crippen LogP contribution is 2.14. The fourth-order valence-corrected chi connectivity index (χ4v) is 2.01. The summed E-state index contributed by atoms with van der Waals surface area (Å²) in [6.45, 7) is 0.0478. The van der Waals surface area contributed by atoms with Crippen LogP contribution in [0.2, 0.25) is 0 Å². The SMILES string of the molecule is COc1nccn2c(CNC(=O)c3ccc(F)c(F)c3)nnc12. The number of hydrogen-bond acceptors (Lipinski definition) is 5. The van der Waals surface area contributed by atoms with Gasteiger partial charge in [0.25, 0.3) is 11.8 Å². The van der Waals surface area contributed by atoms with Gasteiger partial charge in [0.2, 0.25) is 5.65 Å². The zero-order valence-electron chi connectivity index (χ0n) is 12.0. The van der Waals surface area contributed by atoms with Gasteiger partial charge in [-0.3, -0.25) is 9.20 Å². The van der Waals surface area contributed by atoms with Crippen LogP contribution in [0.25, 0.3) is 5.65 Å². The minimum atomic E-state index is -1.08. The van der Waals surface area contributed by atoms with Crippen molar-refractivity contribution in [3.05, 3.63) is 53.6 Å². The van der Waals surface area contributed by atoms with Crippen LogP contribution in [0.1, 0.15) is 16.2 Å². The summed E-state index contributed by atoms with van der Waals surface area (Å²) in [5.74, 6) is -1.90. The maximum absolute atomic E-state index is 13.1. The summed E-state index contributed by atoms with van der Waals surface area (Å²) in [5, 5.41) is 10.4. The van der Waals surface area contributed by atoms with E-state index < -0.39 is 17.5 Å². The molecule has 1 N–H and O–H groups in total. The fraction of sp³-hybridized carbons (Fsp3) is 0.143. The molecule has 118 valence electrons. The fourth-order valence-electron chi connectivity index (χ4n) is 2.01. The molecule has 0 aliphatic heterocycles. The number of fused-ring (bicyclic) bond motifs is 1. The van der Waals surface area contributed by atoms with Crippen LogP contribution in [0, 0.1) is 11.6 Å². The minimum Gasteiger partial charge on any atom is -0.478 e. The van der Waals surface area contributed by atoms with Crippen molar-refractivity contribution in [2.75, 3.05) is 7.11 Å². The number of rotatable bonds is 4. The van der Waals surface area contributed by atoms with Crippen molar-refractivity contribution >= 4 is 11.6 Å². The van der Waals surface area contributed by atoms with E-state index in [0.717, 1.165) is 12.1 Å². The summed E-state index contributed by atoms with van der Waals surface area (Å²) in [4.78, 5) is 16.0. The van der Waals surface area contributed by atoms with Crippen molar-refractivity contribution in [3.8, 4) is 5.88 Å². The van der Waals surface area contributed by atoms with Gasteiger partial charge in [-0.05, 0) is 18.2 Å². The lowest BCUT2D eigenvalue weighted by molar-refractivity contribution is 0.0949. The lowest BCUT2D eigenvalue weighted by Gasteiger charge is -2.05. The van der Waals surface area contributed by atoms with E-state index in [1.165, 1.54) is 19.4 Å². The molecule has 0 saturated heterocycles. The second-order valence-electron chi connectivity index (χ2n) is 4.56. The largest absolute Gasteiger partial charge is 0.478 e. The Balaban J connectivity index is 1.78. The molecule has 0 saturated carbocycles. The molecule has 0 atom stereocenters. The molecule has 1 aromatic carbocycles. The molecule has 0 unspecified atom stereocenters. The van der Waals surface area contributed by atoms with Crippen LogP contribution in [-0.4, -0.2) is 32.6 Å². The Morgan fingerprint density at radius 2 is 2.13 bits per heavy atom. The van der Waals surface area contributed by atoms with Crippen molar-refractivity contribution in [1.29, 1.82) is 0 Å². The number of nitrogens with one attached hydrogen (secondary N) is 1. The first-order chi connectivity index (χ1) is 11.1. The van der Waals surface area contributed by atoms with Crippen molar-refractivity contribution in [2.45, 2.75) is 6.54 Å². The van der Waals surface area contributed by atoms with Gasteiger partial charge in [0.05, 0.1) is 13.7 Å². The molecule has 23 heavy (non-hydrogen) atoms. The Labute approximate surface area is 128 Å². The monoisotopic (exact) mass is 319 g/mol. The van der Waals surface area contributed by atoms with Crippen molar-refractivity contribution in [1.82, 2.24) is 24.9 Å². The number of methoxy groups -OCH3 is 1. The maximum Gasteiger partial charge on any atom is 0.260 e. The molecule has 0 fully saturated rings. The molecule has 0 spiro atoms. The van der Waals surface area contributed by atoms with Gasteiger partial charge in [0.1, 0.15) is 0 Å². The van der Waals surface area contributed by atoms with E-state index in [9.17, 15) is 13.6 Å². The molecule has 3 aromatic rings. The Hall–Kier alpha value is -3.10. The number of carbonyl (C=O) groups is 1. The van der Waals surface area contributed by atoms with Crippen LogP contribution in [-0.2, 0) is 6.54 Å². The molecule has 2 aromatic heterocycles. The van der Waals surface area contributed by atoms with Gasteiger partial charge in [0, 0.05) is 18.0 Å². The van der Waals surface area contributed by atoms with Gasteiger partial charge in [0.15, 0.2) is 17.5 Å². The number of carbonyl (C=O) groups excluding carboxylic acids is 1. The van der Waals surface area contributed by atoms with Crippen LogP contribution in [0.15, 0.2) is 30.6 Å². The van der Waals surface area contributed by atoms with Crippen molar-refractivity contribution < 1.29 is 18.3 Å². The van der Waals surface area contributed by atoms with E-state index in [0.29, 0.717) is 17.4 Å². The Morgan fingerprint density at radius 1 is 1.30 bits per heavy atom. The van der Waals surface area contributed by atoms with Crippen LogP contribution < -0.4 is 10.1 Å². The molecule has 1 amide bonds. The number of benzene rings is 1. The van der Waals surface area contributed by atoms with E-state index in [1.807, 2.05) is 0 Å². The van der Waals surface area contributed by atoms with E-state index in [4.69, 9.17) is 4.74 Å². The van der Waals surface area contributed by atoms with Gasteiger partial charge in [-0.2, -0.15) is 0 Å². The quantitative estimate of drug-likeness (QED) is 0.785. The van der Waals surface area contributed by atoms with E-state index in [2.05, 4.69) is 20.5 Å². The normalized spacial score (nSPS) is 10.7. The summed E-state index contributed by atoms with van der Waals surface area (Å²) in [7, 11) is 1.46. The number of halogens is 2. The summed E-state index contributed by atoms with van der Waals surface area (Å²) in [6.07, 6.45) is 3.13. The molecular weight excluding hydrogens is 308 g/mol. The van der Waals surface area contributed by atoms with Gasteiger partial charge >= 0.3 is 0 Å². The average molecular weight is 319 g/mol. The summed E-state index contributed by atoms with van der Waals surface area (Å²) >= 11 is 0. The van der Waals surface area contributed by atoms with Gasteiger partial charge in [-0.25, -0.2) is 13.8 Å². The number of amides is 1. The molecule has 9 heteroatoms. The van der Waals surface area contributed by atoms with E-state index in [1.54, 1.807) is 10.6 Å². The van der Waals surface area contributed by atoms with Crippen molar-refractivity contribution in [2.24, 2.45) is 0 Å².